The molecule has 2 unspecified atom stereocenters. The number of carbonyl (C=O) groups excluding carboxylic acids is 1. The number of hydrogen-bond donors (Lipinski definition) is 0. The Morgan fingerprint density at radius 1 is 1.29 bits per heavy atom. The number of hydrogen-bond acceptors (Lipinski definition) is 3. The van der Waals surface area contributed by atoms with Crippen molar-refractivity contribution < 1.29 is 17.6 Å². The molecule has 0 spiro atoms. The Morgan fingerprint density at radius 2 is 1.95 bits per heavy atom. The normalized spacial score (nSPS) is 22.8. The largest absolute Gasteiger partial charge is 0.337 e. The average Bonchev–Trinajstić information content (AvgIpc) is 2.45. The molecule has 21 heavy (non-hydrogen) atoms. The van der Waals surface area contributed by atoms with Gasteiger partial charge < -0.3 is 4.90 Å². The maximum absolute atomic E-state index is 13.2. The van der Waals surface area contributed by atoms with Gasteiger partial charge in [0.2, 0.25) is 0 Å². The molecule has 1 saturated carbocycles. The fourth-order valence-corrected chi connectivity index (χ4v) is 4.48. The first kappa shape index (κ1) is 15.9. The van der Waals surface area contributed by atoms with Crippen molar-refractivity contribution in [3.63, 3.8) is 0 Å². The molecule has 2 atom stereocenters. The Labute approximate surface area is 124 Å². The Kier molecular flexibility index (Phi) is 4.66. The van der Waals surface area contributed by atoms with Crippen LogP contribution >= 0.6 is 0 Å². The van der Waals surface area contributed by atoms with Gasteiger partial charge in [-0.3, -0.25) is 4.79 Å². The Hall–Kier alpha value is -1.43. The highest BCUT2D eigenvalue weighted by atomic mass is 32.2. The lowest BCUT2D eigenvalue weighted by Crippen LogP contribution is -2.49. The molecule has 1 aliphatic rings. The SMILES string of the molecule is CN(C(=O)c1cccc(F)c1)C1CCCCC1S(C)(=O)=O. The number of rotatable bonds is 3. The van der Waals surface area contributed by atoms with E-state index in [2.05, 4.69) is 0 Å². The lowest BCUT2D eigenvalue weighted by atomic mass is 9.93. The molecule has 0 radical (unpaired) electrons. The summed E-state index contributed by atoms with van der Waals surface area (Å²) in [4.78, 5) is 13.9. The molecule has 0 saturated heterocycles. The molecule has 1 aromatic rings. The monoisotopic (exact) mass is 313 g/mol. The first-order valence-corrected chi connectivity index (χ1v) is 8.98. The minimum atomic E-state index is -3.21. The van der Waals surface area contributed by atoms with E-state index >= 15 is 0 Å². The van der Waals surface area contributed by atoms with Crippen LogP contribution in [0, 0.1) is 5.82 Å². The summed E-state index contributed by atoms with van der Waals surface area (Å²) in [6.45, 7) is 0. The average molecular weight is 313 g/mol. The van der Waals surface area contributed by atoms with Crippen LogP contribution in [0.2, 0.25) is 0 Å². The van der Waals surface area contributed by atoms with Crippen LogP contribution in [0.5, 0.6) is 0 Å². The maximum Gasteiger partial charge on any atom is 0.253 e. The van der Waals surface area contributed by atoms with E-state index in [0.29, 0.717) is 12.8 Å². The van der Waals surface area contributed by atoms with Gasteiger partial charge in [-0.15, -0.1) is 0 Å². The van der Waals surface area contributed by atoms with Gasteiger partial charge in [-0.2, -0.15) is 0 Å². The molecule has 1 fully saturated rings. The molecule has 2 rings (SSSR count). The van der Waals surface area contributed by atoms with E-state index in [-0.39, 0.29) is 17.5 Å². The predicted molar refractivity (Wildman–Crippen MR) is 79.4 cm³/mol. The topological polar surface area (TPSA) is 54.5 Å². The van der Waals surface area contributed by atoms with E-state index in [0.717, 1.165) is 12.8 Å². The van der Waals surface area contributed by atoms with Gasteiger partial charge in [0.1, 0.15) is 5.82 Å². The molecule has 116 valence electrons. The van der Waals surface area contributed by atoms with Gasteiger partial charge in [0.15, 0.2) is 9.84 Å². The zero-order valence-electron chi connectivity index (χ0n) is 12.3. The summed E-state index contributed by atoms with van der Waals surface area (Å²) in [6.07, 6.45) is 4.21. The predicted octanol–water partition coefficient (Wildman–Crippen LogP) is 2.25. The van der Waals surface area contributed by atoms with E-state index in [9.17, 15) is 17.6 Å². The summed E-state index contributed by atoms with van der Waals surface area (Å²) in [5.74, 6) is -0.812. The van der Waals surface area contributed by atoms with Gasteiger partial charge in [-0.25, -0.2) is 12.8 Å². The number of amides is 1. The molecule has 4 nitrogen and oxygen atoms in total. The Morgan fingerprint density at radius 3 is 2.57 bits per heavy atom. The lowest BCUT2D eigenvalue weighted by molar-refractivity contribution is 0.0700. The third kappa shape index (κ3) is 3.61. The molecule has 6 heteroatoms. The van der Waals surface area contributed by atoms with Crippen LogP contribution in [0.25, 0.3) is 0 Å². The summed E-state index contributed by atoms with van der Waals surface area (Å²) in [5, 5.41) is -0.534. The summed E-state index contributed by atoms with van der Waals surface area (Å²) in [7, 11) is -1.61. The van der Waals surface area contributed by atoms with Crippen LogP contribution < -0.4 is 0 Å². The molecule has 0 aliphatic heterocycles. The van der Waals surface area contributed by atoms with Crippen molar-refractivity contribution >= 4 is 15.7 Å². The smallest absolute Gasteiger partial charge is 0.253 e. The Bertz CT molecular complexity index is 630. The van der Waals surface area contributed by atoms with E-state index in [4.69, 9.17) is 0 Å². The van der Waals surface area contributed by atoms with Crippen LogP contribution in [0.4, 0.5) is 4.39 Å². The van der Waals surface area contributed by atoms with Crippen molar-refractivity contribution in [2.24, 2.45) is 0 Å². The summed E-state index contributed by atoms with van der Waals surface area (Å²) in [5.41, 5.74) is 0.246. The first-order valence-electron chi connectivity index (χ1n) is 7.02. The number of halogens is 1. The van der Waals surface area contributed by atoms with Crippen molar-refractivity contribution in [2.75, 3.05) is 13.3 Å². The molecular formula is C15H20FNO3S. The zero-order chi connectivity index (χ0) is 15.6. The van der Waals surface area contributed by atoms with Crippen molar-refractivity contribution in [1.29, 1.82) is 0 Å². The number of nitrogens with zero attached hydrogens (tertiary/aromatic N) is 1. The molecule has 1 aliphatic carbocycles. The highest BCUT2D eigenvalue weighted by molar-refractivity contribution is 7.91. The van der Waals surface area contributed by atoms with Crippen LogP contribution in [0.1, 0.15) is 36.0 Å². The second-order valence-corrected chi connectivity index (χ2v) is 7.91. The van der Waals surface area contributed by atoms with E-state index in [1.165, 1.54) is 29.4 Å². The highest BCUT2D eigenvalue weighted by Gasteiger charge is 2.37. The summed E-state index contributed by atoms with van der Waals surface area (Å²) < 4.78 is 37.1. The van der Waals surface area contributed by atoms with Crippen molar-refractivity contribution in [2.45, 2.75) is 37.0 Å². The van der Waals surface area contributed by atoms with Crippen molar-refractivity contribution in [1.82, 2.24) is 4.90 Å². The van der Waals surface area contributed by atoms with Crippen molar-refractivity contribution in [3.8, 4) is 0 Å². The molecule has 0 N–H and O–H groups in total. The van der Waals surface area contributed by atoms with Gasteiger partial charge in [0, 0.05) is 24.9 Å². The summed E-state index contributed by atoms with van der Waals surface area (Å²) >= 11 is 0. The fraction of sp³-hybridized carbons (Fsp3) is 0.533. The van der Waals surface area contributed by atoms with E-state index in [1.807, 2.05) is 0 Å². The van der Waals surface area contributed by atoms with Crippen molar-refractivity contribution in [3.05, 3.63) is 35.6 Å². The van der Waals surface area contributed by atoms with Gasteiger partial charge >= 0.3 is 0 Å². The number of sulfone groups is 1. The number of benzene rings is 1. The minimum Gasteiger partial charge on any atom is -0.337 e. The third-order valence-corrected chi connectivity index (χ3v) is 5.76. The minimum absolute atomic E-state index is 0.246. The molecule has 0 aromatic heterocycles. The Balaban J connectivity index is 2.25. The summed E-state index contributed by atoms with van der Waals surface area (Å²) in [6, 6.07) is 5.13. The van der Waals surface area contributed by atoms with Crippen LogP contribution in [-0.2, 0) is 9.84 Å². The standard InChI is InChI=1S/C15H20FNO3S/c1-17(15(18)11-6-5-7-12(16)10-11)13-8-3-4-9-14(13)21(2,19)20/h5-7,10,13-14H,3-4,8-9H2,1-2H3. The fourth-order valence-electron chi connectivity index (χ4n) is 3.00. The van der Waals surface area contributed by atoms with Gasteiger partial charge in [0.25, 0.3) is 5.91 Å². The van der Waals surface area contributed by atoms with Gasteiger partial charge in [-0.05, 0) is 31.0 Å². The molecule has 1 aromatic carbocycles. The quantitative estimate of drug-likeness (QED) is 0.860. The van der Waals surface area contributed by atoms with Gasteiger partial charge in [0.05, 0.1) is 5.25 Å². The van der Waals surface area contributed by atoms with E-state index in [1.54, 1.807) is 13.1 Å². The second kappa shape index (κ2) is 6.13. The van der Waals surface area contributed by atoms with Crippen LogP contribution in [-0.4, -0.2) is 43.8 Å². The number of carbonyl (C=O) groups is 1. The molecule has 1 amide bonds. The molecular weight excluding hydrogens is 293 g/mol. The lowest BCUT2D eigenvalue weighted by Gasteiger charge is -2.37. The van der Waals surface area contributed by atoms with E-state index < -0.39 is 20.9 Å². The van der Waals surface area contributed by atoms with Crippen LogP contribution in [0.3, 0.4) is 0 Å². The van der Waals surface area contributed by atoms with Crippen LogP contribution in [0.15, 0.2) is 24.3 Å². The first-order chi connectivity index (χ1) is 9.80. The zero-order valence-corrected chi connectivity index (χ0v) is 13.1. The second-order valence-electron chi connectivity index (χ2n) is 5.65. The van der Waals surface area contributed by atoms with Gasteiger partial charge in [-0.1, -0.05) is 18.9 Å². The third-order valence-electron chi connectivity index (χ3n) is 4.11. The molecule has 0 heterocycles. The maximum atomic E-state index is 13.2. The molecule has 0 bridgehead atoms. The highest BCUT2D eigenvalue weighted by Crippen LogP contribution is 2.28.